The molecule has 7 rings (SSSR count). The summed E-state index contributed by atoms with van der Waals surface area (Å²) in [5.74, 6) is -0.144. The first-order chi connectivity index (χ1) is 18.6. The van der Waals surface area contributed by atoms with Crippen LogP contribution in [0.4, 0.5) is 8.78 Å². The molecule has 7 heteroatoms. The summed E-state index contributed by atoms with van der Waals surface area (Å²) in [6.07, 6.45) is 10.3. The molecular weight excluding hydrogens is 518 g/mol. The highest BCUT2D eigenvalue weighted by molar-refractivity contribution is 7.97. The molecular formula is C32H43F2O4S+. The minimum atomic E-state index is -3.43. The molecule has 1 N–H and O–H groups in total. The third-order valence-electron chi connectivity index (χ3n) is 8.96. The zero-order valence-corrected chi connectivity index (χ0v) is 24.2. The van der Waals surface area contributed by atoms with E-state index >= 15 is 0 Å². The molecule has 4 aliphatic carbocycles. The Morgan fingerprint density at radius 2 is 1.72 bits per heavy atom. The third-order valence-corrected chi connectivity index (χ3v) is 11.5. The first-order valence-electron chi connectivity index (χ1n) is 14.7. The number of unbranched alkanes of at least 4 members (excludes halogenated alkanes) is 1. The highest BCUT2D eigenvalue weighted by Crippen LogP contribution is 2.61. The maximum Gasteiger partial charge on any atom is 0.376 e. The monoisotopic (exact) mass is 561 g/mol. The van der Waals surface area contributed by atoms with Crippen molar-refractivity contribution in [1.29, 1.82) is 0 Å². The van der Waals surface area contributed by atoms with E-state index in [2.05, 4.69) is 43.3 Å². The number of aliphatic hydroxyl groups is 1. The Bertz CT molecular complexity index is 1140. The Morgan fingerprint density at radius 3 is 2.33 bits per heavy atom. The van der Waals surface area contributed by atoms with Gasteiger partial charge in [0.1, 0.15) is 17.3 Å². The molecule has 1 heterocycles. The standard InChI is InChI=1S/C18H23OS.C14H20F2O3/c1-2-3-12-19-17-10-11-18(20-13-6-7-14-20)16-9-5-4-8-15(16)17;1-12(15,16)11(17)19-8-13-3-9-2-10(4-13)6-14(18,5-9)7-13/h4-5,8-11H,2-3,6-7,12-14H2,1H3;9-10,18H,2-8H2,1H3/q+1;. The van der Waals surface area contributed by atoms with Crippen molar-refractivity contribution in [2.75, 3.05) is 24.7 Å². The van der Waals surface area contributed by atoms with Crippen LogP contribution in [0.5, 0.6) is 5.75 Å². The lowest BCUT2D eigenvalue weighted by atomic mass is 9.48. The van der Waals surface area contributed by atoms with E-state index in [4.69, 9.17) is 9.47 Å². The molecule has 4 saturated carbocycles. The fourth-order valence-corrected chi connectivity index (χ4v) is 10.2. The molecule has 2 atom stereocenters. The van der Waals surface area contributed by atoms with Crippen LogP contribution in [-0.2, 0) is 20.4 Å². The van der Waals surface area contributed by atoms with E-state index in [1.165, 1.54) is 41.5 Å². The lowest BCUT2D eigenvalue weighted by molar-refractivity contribution is -0.197. The van der Waals surface area contributed by atoms with Gasteiger partial charge in [0.05, 0.1) is 18.8 Å². The molecule has 2 unspecified atom stereocenters. The molecule has 0 aromatic heterocycles. The van der Waals surface area contributed by atoms with E-state index < -0.39 is 17.5 Å². The number of hydrogen-bond acceptors (Lipinski definition) is 4. The van der Waals surface area contributed by atoms with Gasteiger partial charge in [-0.1, -0.05) is 31.5 Å². The number of halogens is 2. The van der Waals surface area contributed by atoms with Gasteiger partial charge in [0.25, 0.3) is 0 Å². The van der Waals surface area contributed by atoms with E-state index in [1.54, 1.807) is 4.90 Å². The largest absolute Gasteiger partial charge is 0.493 e. The molecule has 5 fully saturated rings. The predicted octanol–water partition coefficient (Wildman–Crippen LogP) is 7.31. The molecule has 1 saturated heterocycles. The van der Waals surface area contributed by atoms with Gasteiger partial charge in [-0.25, -0.2) is 4.79 Å². The zero-order chi connectivity index (χ0) is 27.7. The van der Waals surface area contributed by atoms with Gasteiger partial charge in [0.2, 0.25) is 0 Å². The SMILES string of the molecule is CC(F)(F)C(=O)OCC12CC3CC(CC(O)(C3)C1)C2.CCCCOc1ccc([S+]2CCCC2)c2ccccc12. The van der Waals surface area contributed by atoms with Gasteiger partial charge in [0.15, 0.2) is 4.90 Å². The smallest absolute Gasteiger partial charge is 0.376 e. The quantitative estimate of drug-likeness (QED) is 0.209. The highest BCUT2D eigenvalue weighted by atomic mass is 32.2. The van der Waals surface area contributed by atoms with Gasteiger partial charge in [-0.05, 0) is 87.8 Å². The summed E-state index contributed by atoms with van der Waals surface area (Å²) in [4.78, 5) is 12.8. The van der Waals surface area contributed by atoms with Crippen molar-refractivity contribution in [3.63, 3.8) is 0 Å². The summed E-state index contributed by atoms with van der Waals surface area (Å²) in [6.45, 7) is 3.62. The predicted molar refractivity (Wildman–Crippen MR) is 153 cm³/mol. The van der Waals surface area contributed by atoms with Gasteiger partial charge < -0.3 is 14.6 Å². The topological polar surface area (TPSA) is 55.8 Å². The summed E-state index contributed by atoms with van der Waals surface area (Å²) in [5.41, 5.74) is -0.912. The highest BCUT2D eigenvalue weighted by Gasteiger charge is 2.57. The van der Waals surface area contributed by atoms with Crippen molar-refractivity contribution in [2.45, 2.75) is 94.5 Å². The molecule has 214 valence electrons. The number of carbonyl (C=O) groups excluding carboxylic acids is 1. The van der Waals surface area contributed by atoms with Gasteiger partial charge >= 0.3 is 11.9 Å². The Kier molecular flexibility index (Phi) is 8.49. The second-order valence-corrected chi connectivity index (χ2v) is 14.8. The Balaban J connectivity index is 0.000000158. The molecule has 2 aromatic carbocycles. The van der Waals surface area contributed by atoms with Crippen LogP contribution < -0.4 is 4.74 Å². The average Bonchev–Trinajstić information content (AvgIpc) is 3.41. The molecule has 4 nitrogen and oxygen atoms in total. The third kappa shape index (κ3) is 6.56. The normalized spacial score (nSPS) is 29.8. The van der Waals surface area contributed by atoms with Crippen LogP contribution in [0.2, 0.25) is 0 Å². The number of benzene rings is 2. The Morgan fingerprint density at radius 1 is 1.05 bits per heavy atom. The summed E-state index contributed by atoms with van der Waals surface area (Å²) >= 11 is 0. The van der Waals surface area contributed by atoms with E-state index in [1.807, 2.05) is 0 Å². The average molecular weight is 562 g/mol. The fraction of sp³-hybridized carbons (Fsp3) is 0.656. The van der Waals surface area contributed by atoms with Crippen LogP contribution in [0.1, 0.15) is 78.1 Å². The summed E-state index contributed by atoms with van der Waals surface area (Å²) in [7, 11) is 0.464. The van der Waals surface area contributed by atoms with Crippen molar-refractivity contribution in [2.24, 2.45) is 17.3 Å². The number of carbonyl (C=O) groups is 1. The number of ether oxygens (including phenoxy) is 2. The van der Waals surface area contributed by atoms with Crippen LogP contribution in [0.3, 0.4) is 0 Å². The van der Waals surface area contributed by atoms with E-state index in [0.29, 0.717) is 36.1 Å². The summed E-state index contributed by atoms with van der Waals surface area (Å²) in [5, 5.41) is 13.2. The number of esters is 1. The first kappa shape index (κ1) is 28.7. The minimum absolute atomic E-state index is 0.0323. The van der Waals surface area contributed by atoms with Gasteiger partial charge in [-0.2, -0.15) is 8.78 Å². The van der Waals surface area contributed by atoms with Crippen LogP contribution >= 0.6 is 0 Å². The Labute approximate surface area is 234 Å². The molecule has 2 aromatic rings. The van der Waals surface area contributed by atoms with Crippen LogP contribution in [0.25, 0.3) is 10.8 Å². The van der Waals surface area contributed by atoms with E-state index in [0.717, 1.165) is 50.9 Å². The van der Waals surface area contributed by atoms with Crippen molar-refractivity contribution >= 4 is 27.6 Å². The second-order valence-electron chi connectivity index (χ2n) is 12.6. The molecule has 4 bridgehead atoms. The molecule has 0 radical (unpaired) electrons. The van der Waals surface area contributed by atoms with Gasteiger partial charge in [-0.3, -0.25) is 0 Å². The molecule has 5 aliphatic rings. The van der Waals surface area contributed by atoms with Crippen molar-refractivity contribution in [3.8, 4) is 5.75 Å². The maximum absolute atomic E-state index is 12.8. The second kappa shape index (κ2) is 11.6. The van der Waals surface area contributed by atoms with Crippen LogP contribution in [0, 0.1) is 17.3 Å². The summed E-state index contributed by atoms with van der Waals surface area (Å²) < 4.78 is 36.5. The maximum atomic E-state index is 12.8. The fourth-order valence-electron chi connectivity index (χ4n) is 7.74. The molecule has 0 amide bonds. The van der Waals surface area contributed by atoms with E-state index in [9.17, 15) is 18.7 Å². The van der Waals surface area contributed by atoms with Gasteiger partial charge in [0, 0.05) is 34.0 Å². The van der Waals surface area contributed by atoms with Crippen molar-refractivity contribution in [3.05, 3.63) is 36.4 Å². The number of fused-ring (bicyclic) bond motifs is 1. The lowest BCUT2D eigenvalue weighted by Crippen LogP contribution is -2.57. The van der Waals surface area contributed by atoms with Crippen molar-refractivity contribution < 1.29 is 28.2 Å². The minimum Gasteiger partial charge on any atom is -0.493 e. The van der Waals surface area contributed by atoms with Crippen molar-refractivity contribution in [1.82, 2.24) is 0 Å². The summed E-state index contributed by atoms with van der Waals surface area (Å²) in [6, 6.07) is 13.3. The van der Waals surface area contributed by atoms with E-state index in [-0.39, 0.29) is 12.0 Å². The molecule has 0 spiro atoms. The number of alkyl halides is 2. The number of hydrogen-bond donors (Lipinski definition) is 1. The molecule has 1 aliphatic heterocycles. The van der Waals surface area contributed by atoms with Crippen LogP contribution in [0.15, 0.2) is 41.3 Å². The lowest BCUT2D eigenvalue weighted by Gasteiger charge is -2.59. The Hall–Kier alpha value is -1.86. The van der Waals surface area contributed by atoms with Gasteiger partial charge in [-0.15, -0.1) is 0 Å². The first-order valence-corrected chi connectivity index (χ1v) is 16.3. The molecule has 39 heavy (non-hydrogen) atoms. The number of rotatable bonds is 8. The van der Waals surface area contributed by atoms with Crippen LogP contribution in [-0.4, -0.2) is 47.3 Å². The zero-order valence-electron chi connectivity index (χ0n) is 23.4.